The van der Waals surface area contributed by atoms with Gasteiger partial charge in [0.1, 0.15) is 11.6 Å². The number of halogens is 1. The molecule has 0 radical (unpaired) electrons. The molecule has 3 rings (SSSR count). The van der Waals surface area contributed by atoms with Crippen molar-refractivity contribution in [2.75, 3.05) is 19.6 Å². The van der Waals surface area contributed by atoms with Crippen LogP contribution in [0.1, 0.15) is 24.0 Å². The molecule has 1 heterocycles. The standard InChI is InChI=1S/C24H26BrN3O/c25-23-8-6-19(7-9-23)10-13-27-18-22(17-26)24(29)28-14-11-21(12-15-28)16-20-4-2-1-3-5-20/h1-9,18,21,27H,10-16H2/b22-18-. The lowest BCUT2D eigenvalue weighted by Crippen LogP contribution is -2.39. The number of likely N-dealkylation sites (tertiary alicyclic amines) is 1. The molecule has 0 spiro atoms. The maximum atomic E-state index is 12.7. The fourth-order valence-electron chi connectivity index (χ4n) is 3.64. The van der Waals surface area contributed by atoms with Gasteiger partial charge in [-0.2, -0.15) is 5.26 Å². The fourth-order valence-corrected chi connectivity index (χ4v) is 3.91. The third-order valence-electron chi connectivity index (χ3n) is 5.34. The van der Waals surface area contributed by atoms with Gasteiger partial charge in [0.25, 0.3) is 5.91 Å². The summed E-state index contributed by atoms with van der Waals surface area (Å²) in [5, 5.41) is 12.5. The summed E-state index contributed by atoms with van der Waals surface area (Å²) in [5.74, 6) is 0.432. The predicted octanol–water partition coefficient (Wildman–Crippen LogP) is 4.47. The third kappa shape index (κ3) is 6.47. The molecule has 150 valence electrons. The molecule has 1 N–H and O–H groups in total. The first-order valence-electron chi connectivity index (χ1n) is 10.1. The second-order valence-corrected chi connectivity index (χ2v) is 8.34. The van der Waals surface area contributed by atoms with Gasteiger partial charge in [0.05, 0.1) is 0 Å². The smallest absolute Gasteiger partial charge is 0.265 e. The van der Waals surface area contributed by atoms with E-state index in [9.17, 15) is 10.1 Å². The number of carbonyl (C=O) groups excluding carboxylic acids is 1. The molecule has 0 saturated carbocycles. The lowest BCUT2D eigenvalue weighted by atomic mass is 9.90. The monoisotopic (exact) mass is 451 g/mol. The van der Waals surface area contributed by atoms with E-state index >= 15 is 0 Å². The van der Waals surface area contributed by atoms with Gasteiger partial charge in [-0.05, 0) is 54.9 Å². The number of piperidine rings is 1. The molecule has 0 aliphatic carbocycles. The second-order valence-electron chi connectivity index (χ2n) is 7.43. The first kappa shape index (κ1) is 21.1. The molecule has 0 aromatic heterocycles. The highest BCUT2D eigenvalue weighted by molar-refractivity contribution is 9.10. The van der Waals surface area contributed by atoms with Crippen LogP contribution in [0.15, 0.2) is 70.8 Å². The van der Waals surface area contributed by atoms with E-state index in [1.165, 1.54) is 11.1 Å². The van der Waals surface area contributed by atoms with Gasteiger partial charge in [-0.1, -0.05) is 58.4 Å². The van der Waals surface area contributed by atoms with Crippen molar-refractivity contribution in [3.63, 3.8) is 0 Å². The average Bonchev–Trinajstić information content (AvgIpc) is 2.76. The van der Waals surface area contributed by atoms with Crippen LogP contribution in [0.5, 0.6) is 0 Å². The molecule has 1 aliphatic rings. The van der Waals surface area contributed by atoms with Crippen molar-refractivity contribution in [2.45, 2.75) is 25.7 Å². The minimum atomic E-state index is -0.165. The van der Waals surface area contributed by atoms with Crippen molar-refractivity contribution in [2.24, 2.45) is 5.92 Å². The summed E-state index contributed by atoms with van der Waals surface area (Å²) in [4.78, 5) is 14.5. The van der Waals surface area contributed by atoms with Gasteiger partial charge in [-0.3, -0.25) is 4.79 Å². The van der Waals surface area contributed by atoms with Crippen LogP contribution in [-0.2, 0) is 17.6 Å². The van der Waals surface area contributed by atoms with Gasteiger partial charge in [0.2, 0.25) is 0 Å². The Hall–Kier alpha value is -2.58. The Bertz CT molecular complexity index is 863. The van der Waals surface area contributed by atoms with Crippen LogP contribution in [0.25, 0.3) is 0 Å². The predicted molar refractivity (Wildman–Crippen MR) is 119 cm³/mol. The summed E-state index contributed by atoms with van der Waals surface area (Å²) in [6.45, 7) is 2.11. The number of hydrogen-bond donors (Lipinski definition) is 1. The number of nitrogens with one attached hydrogen (secondary N) is 1. The summed E-state index contributed by atoms with van der Waals surface area (Å²) in [6, 6.07) is 20.7. The van der Waals surface area contributed by atoms with Crippen molar-refractivity contribution in [1.29, 1.82) is 5.26 Å². The Morgan fingerprint density at radius 1 is 1.10 bits per heavy atom. The molecule has 1 saturated heterocycles. The maximum Gasteiger partial charge on any atom is 0.265 e. The average molecular weight is 452 g/mol. The molecule has 5 heteroatoms. The van der Waals surface area contributed by atoms with Gasteiger partial charge >= 0.3 is 0 Å². The van der Waals surface area contributed by atoms with Crippen LogP contribution in [-0.4, -0.2) is 30.4 Å². The first-order valence-corrected chi connectivity index (χ1v) is 10.9. The molecule has 4 nitrogen and oxygen atoms in total. The van der Waals surface area contributed by atoms with Crippen LogP contribution < -0.4 is 5.32 Å². The number of rotatable bonds is 7. The van der Waals surface area contributed by atoms with Gasteiger partial charge < -0.3 is 10.2 Å². The summed E-state index contributed by atoms with van der Waals surface area (Å²) in [6.07, 6.45) is 5.42. The highest BCUT2D eigenvalue weighted by atomic mass is 79.9. The molecule has 2 aromatic rings. The Morgan fingerprint density at radius 2 is 1.79 bits per heavy atom. The SMILES string of the molecule is N#C/C(=C/NCCc1ccc(Br)cc1)C(=O)N1CCC(Cc2ccccc2)CC1. The van der Waals surface area contributed by atoms with E-state index in [1.807, 2.05) is 23.1 Å². The maximum absolute atomic E-state index is 12.7. The molecule has 1 amide bonds. The van der Waals surface area contributed by atoms with Crippen molar-refractivity contribution in [1.82, 2.24) is 10.2 Å². The van der Waals surface area contributed by atoms with E-state index in [-0.39, 0.29) is 11.5 Å². The zero-order valence-corrected chi connectivity index (χ0v) is 18.1. The molecular weight excluding hydrogens is 426 g/mol. The molecule has 0 bridgehead atoms. The summed E-state index contributed by atoms with van der Waals surface area (Å²) in [5.41, 5.74) is 2.74. The lowest BCUT2D eigenvalue weighted by molar-refractivity contribution is -0.128. The van der Waals surface area contributed by atoms with E-state index in [2.05, 4.69) is 63.7 Å². The zero-order valence-electron chi connectivity index (χ0n) is 16.5. The molecule has 0 unspecified atom stereocenters. The van der Waals surface area contributed by atoms with Crippen LogP contribution in [0.2, 0.25) is 0 Å². The Morgan fingerprint density at radius 3 is 2.45 bits per heavy atom. The van der Waals surface area contributed by atoms with E-state index in [1.54, 1.807) is 6.20 Å². The molecule has 1 fully saturated rings. The van der Waals surface area contributed by atoms with Crippen LogP contribution in [0.3, 0.4) is 0 Å². The van der Waals surface area contributed by atoms with E-state index in [0.717, 1.165) is 30.2 Å². The minimum Gasteiger partial charge on any atom is -0.389 e. The van der Waals surface area contributed by atoms with Crippen molar-refractivity contribution < 1.29 is 4.79 Å². The molecule has 1 aliphatic heterocycles. The zero-order chi connectivity index (χ0) is 20.5. The second kappa shape index (κ2) is 10.8. The lowest BCUT2D eigenvalue weighted by Gasteiger charge is -2.32. The number of nitriles is 1. The molecule has 29 heavy (non-hydrogen) atoms. The summed E-state index contributed by atoms with van der Waals surface area (Å²) >= 11 is 3.43. The highest BCUT2D eigenvalue weighted by Crippen LogP contribution is 2.22. The molecule has 2 aromatic carbocycles. The number of amides is 1. The summed E-state index contributed by atoms with van der Waals surface area (Å²) in [7, 11) is 0. The fraction of sp³-hybridized carbons (Fsp3) is 0.333. The van der Waals surface area contributed by atoms with Crippen LogP contribution in [0.4, 0.5) is 0 Å². The van der Waals surface area contributed by atoms with E-state index in [0.29, 0.717) is 25.6 Å². The van der Waals surface area contributed by atoms with Crippen molar-refractivity contribution in [3.8, 4) is 6.07 Å². The third-order valence-corrected chi connectivity index (χ3v) is 5.87. The van der Waals surface area contributed by atoms with Gasteiger partial charge in [0, 0.05) is 30.3 Å². The Labute approximate surface area is 181 Å². The number of hydrogen-bond acceptors (Lipinski definition) is 3. The topological polar surface area (TPSA) is 56.1 Å². The normalized spacial score (nSPS) is 15.0. The van der Waals surface area contributed by atoms with E-state index < -0.39 is 0 Å². The summed E-state index contributed by atoms with van der Waals surface area (Å²) < 4.78 is 1.05. The molecule has 0 atom stereocenters. The Balaban J connectivity index is 1.45. The van der Waals surface area contributed by atoms with Gasteiger partial charge in [-0.15, -0.1) is 0 Å². The van der Waals surface area contributed by atoms with Crippen molar-refractivity contribution in [3.05, 3.63) is 82.0 Å². The quantitative estimate of drug-likeness (QED) is 0.383. The number of nitrogens with zero attached hydrogens (tertiary/aromatic N) is 2. The van der Waals surface area contributed by atoms with Crippen LogP contribution in [0, 0.1) is 17.2 Å². The first-order chi connectivity index (χ1) is 14.2. The minimum absolute atomic E-state index is 0.165. The van der Waals surface area contributed by atoms with Gasteiger partial charge in [0.15, 0.2) is 0 Å². The van der Waals surface area contributed by atoms with Gasteiger partial charge in [-0.25, -0.2) is 0 Å². The largest absolute Gasteiger partial charge is 0.389 e. The Kier molecular flexibility index (Phi) is 7.89. The number of benzene rings is 2. The highest BCUT2D eigenvalue weighted by Gasteiger charge is 2.25. The van der Waals surface area contributed by atoms with Crippen molar-refractivity contribution >= 4 is 21.8 Å². The van der Waals surface area contributed by atoms with E-state index in [4.69, 9.17) is 0 Å². The molecular formula is C24H26BrN3O. The number of carbonyl (C=O) groups is 1. The van der Waals surface area contributed by atoms with Crippen LogP contribution >= 0.6 is 15.9 Å².